The summed E-state index contributed by atoms with van der Waals surface area (Å²) in [5.74, 6) is 0.445. The smallest absolute Gasteiger partial charge is 0.416 e. The van der Waals surface area contributed by atoms with Gasteiger partial charge in [-0.2, -0.15) is 13.2 Å². The minimum atomic E-state index is -4.35. The van der Waals surface area contributed by atoms with Gasteiger partial charge in [0.25, 0.3) is 0 Å². The molecule has 0 aromatic heterocycles. The van der Waals surface area contributed by atoms with Crippen LogP contribution in [0.1, 0.15) is 23.7 Å². The molecule has 1 heterocycles. The number of nitrogens with zero attached hydrogens (tertiary/aromatic N) is 2. The van der Waals surface area contributed by atoms with E-state index in [4.69, 9.17) is 4.74 Å². The van der Waals surface area contributed by atoms with E-state index in [0.717, 1.165) is 56.8 Å². The molecule has 8 heteroatoms. The zero-order valence-electron chi connectivity index (χ0n) is 18.7. The number of benzene rings is 3. The number of anilines is 1. The van der Waals surface area contributed by atoms with Crippen molar-refractivity contribution in [3.8, 4) is 5.75 Å². The van der Waals surface area contributed by atoms with Gasteiger partial charge in [-0.25, -0.2) is 0 Å². The highest BCUT2D eigenvalue weighted by atomic mass is 35.5. The summed E-state index contributed by atoms with van der Waals surface area (Å²) in [6, 6.07) is 25.2. The van der Waals surface area contributed by atoms with Crippen LogP contribution in [0.3, 0.4) is 0 Å². The predicted molar refractivity (Wildman–Crippen MR) is 135 cm³/mol. The van der Waals surface area contributed by atoms with Crippen molar-refractivity contribution in [1.82, 2.24) is 4.90 Å². The van der Waals surface area contributed by atoms with Gasteiger partial charge >= 0.3 is 6.18 Å². The Hall–Kier alpha value is -2.41. The predicted octanol–water partition coefficient (Wildman–Crippen LogP) is 6.88. The lowest BCUT2D eigenvalue weighted by molar-refractivity contribution is -0.137. The third-order valence-corrected chi connectivity index (χ3v) is 5.83. The average Bonchev–Trinajstić information content (AvgIpc) is 2.83. The van der Waals surface area contributed by atoms with E-state index in [9.17, 15) is 13.2 Å². The molecule has 1 atom stereocenters. The summed E-state index contributed by atoms with van der Waals surface area (Å²) in [6.45, 7) is 4.75. The molecule has 0 radical (unpaired) electrons. The van der Waals surface area contributed by atoms with E-state index in [1.54, 1.807) is 0 Å². The van der Waals surface area contributed by atoms with Crippen molar-refractivity contribution in [2.24, 2.45) is 0 Å². The molecule has 1 fully saturated rings. The standard InChI is InChI=1S/C26H27F3N2O.2ClH/c27-26(28,29)22-11-13-24(14-12-22)32-25(21-7-3-1-4-8-21)15-16-30-17-19-31(20-18-30)23-9-5-2-6-10-23;;/h1-14,25H,15-20H2;2*1H. The number of piperazine rings is 1. The number of para-hydroxylation sites is 1. The highest BCUT2D eigenvalue weighted by molar-refractivity contribution is 5.85. The first-order valence-corrected chi connectivity index (χ1v) is 10.9. The molecule has 0 N–H and O–H groups in total. The molecule has 0 spiro atoms. The molecule has 3 nitrogen and oxygen atoms in total. The quantitative estimate of drug-likeness (QED) is 0.343. The van der Waals surface area contributed by atoms with E-state index in [-0.39, 0.29) is 30.9 Å². The van der Waals surface area contributed by atoms with Crippen LogP contribution in [0.5, 0.6) is 5.75 Å². The summed E-state index contributed by atoms with van der Waals surface area (Å²) in [4.78, 5) is 4.81. The molecule has 0 amide bonds. The largest absolute Gasteiger partial charge is 0.486 e. The fourth-order valence-electron chi connectivity index (χ4n) is 4.02. The lowest BCUT2D eigenvalue weighted by Gasteiger charge is -2.36. The van der Waals surface area contributed by atoms with Crippen LogP contribution in [-0.2, 0) is 6.18 Å². The topological polar surface area (TPSA) is 15.7 Å². The highest BCUT2D eigenvalue weighted by Crippen LogP contribution is 2.32. The van der Waals surface area contributed by atoms with Crippen LogP contribution in [0.2, 0.25) is 0 Å². The number of rotatable bonds is 7. The summed E-state index contributed by atoms with van der Waals surface area (Å²) in [5.41, 5.74) is 1.60. The Labute approximate surface area is 211 Å². The van der Waals surface area contributed by atoms with Gasteiger partial charge in [-0.1, -0.05) is 48.5 Å². The van der Waals surface area contributed by atoms with Crippen LogP contribution in [-0.4, -0.2) is 37.6 Å². The van der Waals surface area contributed by atoms with Crippen molar-refractivity contribution >= 4 is 30.5 Å². The maximum absolute atomic E-state index is 12.9. The number of hydrogen-bond donors (Lipinski definition) is 0. The van der Waals surface area contributed by atoms with Gasteiger partial charge < -0.3 is 9.64 Å². The summed E-state index contributed by atoms with van der Waals surface area (Å²) < 4.78 is 44.7. The SMILES string of the molecule is Cl.Cl.FC(F)(F)c1ccc(OC(CCN2CCN(c3ccccc3)CC2)c2ccccc2)cc1. The fraction of sp³-hybridized carbons (Fsp3) is 0.308. The lowest BCUT2D eigenvalue weighted by Crippen LogP contribution is -2.46. The Morgan fingerprint density at radius 1 is 0.735 bits per heavy atom. The van der Waals surface area contributed by atoms with E-state index in [0.29, 0.717) is 5.75 Å². The minimum absolute atomic E-state index is 0. The maximum atomic E-state index is 12.9. The Morgan fingerprint density at radius 2 is 1.29 bits per heavy atom. The number of ether oxygens (including phenoxy) is 1. The van der Waals surface area contributed by atoms with E-state index >= 15 is 0 Å². The van der Waals surface area contributed by atoms with E-state index in [1.807, 2.05) is 36.4 Å². The fourth-order valence-corrected chi connectivity index (χ4v) is 4.02. The van der Waals surface area contributed by atoms with E-state index < -0.39 is 11.7 Å². The summed E-state index contributed by atoms with van der Waals surface area (Å²) in [5, 5.41) is 0. The second-order valence-corrected chi connectivity index (χ2v) is 7.99. The normalized spacial score (nSPS) is 15.1. The molecule has 0 saturated carbocycles. The molecule has 1 unspecified atom stereocenters. The van der Waals surface area contributed by atoms with Crippen molar-refractivity contribution in [1.29, 1.82) is 0 Å². The van der Waals surface area contributed by atoms with Crippen molar-refractivity contribution in [3.05, 3.63) is 96.1 Å². The molecule has 3 aromatic carbocycles. The third-order valence-electron chi connectivity index (χ3n) is 5.83. The Bertz CT molecular complexity index is 965. The van der Waals surface area contributed by atoms with Gasteiger partial charge in [0, 0.05) is 44.8 Å². The van der Waals surface area contributed by atoms with Crippen LogP contribution >= 0.6 is 24.8 Å². The molecule has 0 aliphatic carbocycles. The number of hydrogen-bond acceptors (Lipinski definition) is 3. The summed E-state index contributed by atoms with van der Waals surface area (Å²) >= 11 is 0. The molecule has 1 saturated heterocycles. The van der Waals surface area contributed by atoms with E-state index in [2.05, 4.69) is 34.1 Å². The minimum Gasteiger partial charge on any atom is -0.486 e. The van der Waals surface area contributed by atoms with Crippen molar-refractivity contribution in [2.75, 3.05) is 37.6 Å². The molecular weight excluding hydrogens is 484 g/mol. The Kier molecular flexibility index (Phi) is 10.5. The van der Waals surface area contributed by atoms with Gasteiger partial charge in [0.05, 0.1) is 5.56 Å². The average molecular weight is 513 g/mol. The molecule has 0 bridgehead atoms. The number of alkyl halides is 3. The first-order valence-electron chi connectivity index (χ1n) is 10.9. The van der Waals surface area contributed by atoms with Crippen molar-refractivity contribution < 1.29 is 17.9 Å². The second-order valence-electron chi connectivity index (χ2n) is 7.99. The monoisotopic (exact) mass is 512 g/mol. The van der Waals surface area contributed by atoms with Crippen LogP contribution in [0.15, 0.2) is 84.9 Å². The first-order chi connectivity index (χ1) is 15.5. The molecule has 4 rings (SSSR count). The maximum Gasteiger partial charge on any atom is 0.416 e. The van der Waals surface area contributed by atoms with Gasteiger partial charge in [0.15, 0.2) is 0 Å². The third kappa shape index (κ3) is 7.55. The Morgan fingerprint density at radius 3 is 1.85 bits per heavy atom. The van der Waals surface area contributed by atoms with Crippen LogP contribution in [0, 0.1) is 0 Å². The van der Waals surface area contributed by atoms with Gasteiger partial charge in [-0.3, -0.25) is 4.90 Å². The van der Waals surface area contributed by atoms with Crippen molar-refractivity contribution in [2.45, 2.75) is 18.7 Å². The van der Waals surface area contributed by atoms with Gasteiger partial charge in [0.1, 0.15) is 11.9 Å². The van der Waals surface area contributed by atoms with Crippen LogP contribution < -0.4 is 9.64 Å². The van der Waals surface area contributed by atoms with Gasteiger partial charge in [-0.05, 0) is 42.0 Å². The lowest BCUT2D eigenvalue weighted by atomic mass is 10.1. The van der Waals surface area contributed by atoms with Crippen molar-refractivity contribution in [3.63, 3.8) is 0 Å². The van der Waals surface area contributed by atoms with Crippen LogP contribution in [0.25, 0.3) is 0 Å². The Balaban J connectivity index is 0.00000204. The number of halogens is 5. The summed E-state index contributed by atoms with van der Waals surface area (Å²) in [7, 11) is 0. The molecule has 3 aromatic rings. The molecular formula is C26H29Cl2F3N2O. The molecule has 1 aliphatic heterocycles. The molecule has 1 aliphatic rings. The van der Waals surface area contributed by atoms with E-state index in [1.165, 1.54) is 17.8 Å². The first kappa shape index (κ1) is 27.8. The molecule has 184 valence electrons. The molecule has 34 heavy (non-hydrogen) atoms. The highest BCUT2D eigenvalue weighted by Gasteiger charge is 2.30. The van der Waals surface area contributed by atoms with Gasteiger partial charge in [-0.15, -0.1) is 24.8 Å². The zero-order valence-corrected chi connectivity index (χ0v) is 20.3. The van der Waals surface area contributed by atoms with Gasteiger partial charge in [0.2, 0.25) is 0 Å². The summed E-state index contributed by atoms with van der Waals surface area (Å²) in [6.07, 6.45) is -3.81. The zero-order chi connectivity index (χ0) is 22.4. The second kappa shape index (κ2) is 12.9. The van der Waals surface area contributed by atoms with Crippen LogP contribution in [0.4, 0.5) is 18.9 Å².